The summed E-state index contributed by atoms with van der Waals surface area (Å²) in [5, 5.41) is 14.5. The van der Waals surface area contributed by atoms with Crippen molar-refractivity contribution in [1.29, 1.82) is 0 Å². The number of benzene rings is 3. The minimum Gasteiger partial charge on any atom is -0.493 e. The van der Waals surface area contributed by atoms with Gasteiger partial charge in [0.1, 0.15) is 11.6 Å². The van der Waals surface area contributed by atoms with E-state index in [1.165, 1.54) is 14.2 Å². The molecule has 37 heavy (non-hydrogen) atoms. The predicted octanol–water partition coefficient (Wildman–Crippen LogP) is 6.04. The van der Waals surface area contributed by atoms with E-state index in [4.69, 9.17) is 9.47 Å². The average molecular weight is 512 g/mol. The van der Waals surface area contributed by atoms with E-state index in [9.17, 15) is 17.6 Å². The number of aromatic nitrogens is 4. The summed E-state index contributed by atoms with van der Waals surface area (Å²) < 4.78 is 64.0. The largest absolute Gasteiger partial charge is 0.493 e. The molecular formula is C25H20F4N6O2. The maximum absolute atomic E-state index is 13.8. The second-order valence-corrected chi connectivity index (χ2v) is 8.12. The number of nitrogens with one attached hydrogen (secondary N) is 3. The number of methoxy groups -OCH3 is 2. The quantitative estimate of drug-likeness (QED) is 0.229. The lowest BCUT2D eigenvalue weighted by Gasteiger charge is -2.15. The Labute approximate surface area is 207 Å². The zero-order valence-electron chi connectivity index (χ0n) is 19.6. The van der Waals surface area contributed by atoms with E-state index in [0.717, 1.165) is 28.7 Å². The van der Waals surface area contributed by atoms with Gasteiger partial charge in [0.2, 0.25) is 5.95 Å². The number of hydrogen-bond acceptors (Lipinski definition) is 7. The third kappa shape index (κ3) is 5.03. The molecule has 0 saturated carbocycles. The van der Waals surface area contributed by atoms with Crippen LogP contribution >= 0.6 is 0 Å². The Kier molecular flexibility index (Phi) is 6.15. The van der Waals surface area contributed by atoms with Crippen LogP contribution in [0.1, 0.15) is 11.1 Å². The summed E-state index contributed by atoms with van der Waals surface area (Å²) in [5.74, 6) is 0.438. The first-order valence-corrected chi connectivity index (χ1v) is 11.0. The van der Waals surface area contributed by atoms with Gasteiger partial charge in [-0.3, -0.25) is 5.10 Å². The SMILES string of the molecule is COc1cc2nc(NCc3cc(F)cc(C(F)(F)F)c3)nc(Nc3ccc4[nH]ncc4c3)c2cc1OC. The summed E-state index contributed by atoms with van der Waals surface area (Å²) in [4.78, 5) is 9.02. The van der Waals surface area contributed by atoms with E-state index < -0.39 is 17.6 Å². The molecule has 0 spiro atoms. The van der Waals surface area contributed by atoms with Gasteiger partial charge in [-0.15, -0.1) is 0 Å². The van der Waals surface area contributed by atoms with Gasteiger partial charge in [0.05, 0.1) is 37.0 Å². The monoisotopic (exact) mass is 512 g/mol. The number of halogens is 4. The van der Waals surface area contributed by atoms with E-state index in [0.29, 0.717) is 34.3 Å². The van der Waals surface area contributed by atoms with Gasteiger partial charge in [-0.2, -0.15) is 23.3 Å². The van der Waals surface area contributed by atoms with Gasteiger partial charge < -0.3 is 20.1 Å². The first-order valence-electron chi connectivity index (χ1n) is 11.0. The number of rotatable bonds is 7. The van der Waals surface area contributed by atoms with Gasteiger partial charge in [0.15, 0.2) is 11.5 Å². The highest BCUT2D eigenvalue weighted by Gasteiger charge is 2.31. The van der Waals surface area contributed by atoms with Crippen LogP contribution in [0.4, 0.5) is 35.0 Å². The van der Waals surface area contributed by atoms with Crippen LogP contribution in [0.15, 0.2) is 54.7 Å². The molecule has 190 valence electrons. The number of nitrogens with zero attached hydrogens (tertiary/aromatic N) is 3. The van der Waals surface area contributed by atoms with E-state index in [1.807, 2.05) is 18.2 Å². The minimum atomic E-state index is -4.67. The molecule has 0 unspecified atom stereocenters. The number of aromatic amines is 1. The average Bonchev–Trinajstić information content (AvgIpc) is 3.34. The molecule has 2 aromatic heterocycles. The molecule has 0 amide bonds. The van der Waals surface area contributed by atoms with Gasteiger partial charge in [0, 0.05) is 29.1 Å². The van der Waals surface area contributed by atoms with Crippen molar-refractivity contribution in [2.75, 3.05) is 24.9 Å². The lowest BCUT2D eigenvalue weighted by atomic mass is 10.1. The molecule has 12 heteroatoms. The minimum absolute atomic E-state index is 0.0863. The Balaban J connectivity index is 1.53. The lowest BCUT2D eigenvalue weighted by molar-refractivity contribution is -0.137. The van der Waals surface area contributed by atoms with Crippen LogP contribution in [0.25, 0.3) is 21.8 Å². The normalized spacial score (nSPS) is 11.6. The van der Waals surface area contributed by atoms with Gasteiger partial charge in [-0.25, -0.2) is 9.37 Å². The molecule has 0 aliphatic rings. The molecule has 0 atom stereocenters. The van der Waals surface area contributed by atoms with Gasteiger partial charge >= 0.3 is 6.18 Å². The summed E-state index contributed by atoms with van der Waals surface area (Å²) >= 11 is 0. The molecular weight excluding hydrogens is 492 g/mol. The molecule has 0 radical (unpaired) electrons. The zero-order valence-corrected chi connectivity index (χ0v) is 19.6. The topological polar surface area (TPSA) is 97.0 Å². The standard InChI is InChI=1S/C25H20F4N6O2/c1-36-21-9-18-20(10-22(21)37-2)33-24(30-11-13-5-15(25(27,28)29)8-16(26)6-13)34-23(18)32-17-3-4-19-14(7-17)12-31-35-19/h3-10,12H,11H2,1-2H3,(H,31,35)(H2,30,32,33,34). The van der Waals surface area contributed by atoms with Crippen molar-refractivity contribution in [2.24, 2.45) is 0 Å². The number of ether oxygens (including phenoxy) is 2. The summed E-state index contributed by atoms with van der Waals surface area (Å²) in [6, 6.07) is 11.3. The van der Waals surface area contributed by atoms with Gasteiger partial charge in [0.25, 0.3) is 0 Å². The Morgan fingerprint density at radius 2 is 1.73 bits per heavy atom. The van der Waals surface area contributed by atoms with E-state index in [2.05, 4.69) is 30.8 Å². The summed E-state index contributed by atoms with van der Waals surface area (Å²) in [6.07, 6.45) is -2.98. The number of hydrogen-bond donors (Lipinski definition) is 3. The maximum atomic E-state index is 13.8. The molecule has 0 fully saturated rings. The number of alkyl halides is 3. The molecule has 0 aliphatic heterocycles. The summed E-state index contributed by atoms with van der Waals surface area (Å²) in [7, 11) is 3.00. The van der Waals surface area contributed by atoms with Gasteiger partial charge in [-0.1, -0.05) is 0 Å². The molecule has 2 heterocycles. The summed E-state index contributed by atoms with van der Waals surface area (Å²) in [6.45, 7) is -0.139. The van der Waals surface area contributed by atoms with Crippen molar-refractivity contribution in [3.05, 3.63) is 71.7 Å². The molecule has 8 nitrogen and oxygen atoms in total. The third-order valence-corrected chi connectivity index (χ3v) is 5.64. The van der Waals surface area contributed by atoms with Crippen LogP contribution in [-0.4, -0.2) is 34.4 Å². The van der Waals surface area contributed by atoms with Crippen molar-refractivity contribution in [1.82, 2.24) is 20.2 Å². The van der Waals surface area contributed by atoms with E-state index >= 15 is 0 Å². The van der Waals surface area contributed by atoms with Crippen molar-refractivity contribution in [3.8, 4) is 11.5 Å². The Morgan fingerprint density at radius 1 is 0.946 bits per heavy atom. The molecule has 0 bridgehead atoms. The second-order valence-electron chi connectivity index (χ2n) is 8.12. The third-order valence-electron chi connectivity index (χ3n) is 5.64. The summed E-state index contributed by atoms with van der Waals surface area (Å²) in [5.41, 5.74) is 1.08. The predicted molar refractivity (Wildman–Crippen MR) is 131 cm³/mol. The van der Waals surface area contributed by atoms with Crippen LogP contribution in [0.3, 0.4) is 0 Å². The van der Waals surface area contributed by atoms with Crippen LogP contribution < -0.4 is 20.1 Å². The second kappa shape index (κ2) is 9.45. The highest BCUT2D eigenvalue weighted by atomic mass is 19.4. The van der Waals surface area contributed by atoms with Crippen molar-refractivity contribution in [3.63, 3.8) is 0 Å². The lowest BCUT2D eigenvalue weighted by Crippen LogP contribution is -2.10. The fourth-order valence-electron chi connectivity index (χ4n) is 3.88. The number of anilines is 3. The molecule has 0 saturated heterocycles. The fourth-order valence-corrected chi connectivity index (χ4v) is 3.88. The van der Waals surface area contributed by atoms with Crippen LogP contribution in [-0.2, 0) is 12.7 Å². The van der Waals surface area contributed by atoms with Crippen molar-refractivity contribution in [2.45, 2.75) is 12.7 Å². The highest BCUT2D eigenvalue weighted by Crippen LogP contribution is 2.36. The van der Waals surface area contributed by atoms with Gasteiger partial charge in [-0.05, 0) is 48.0 Å². The first-order chi connectivity index (χ1) is 17.7. The smallest absolute Gasteiger partial charge is 0.416 e. The van der Waals surface area contributed by atoms with Crippen molar-refractivity contribution < 1.29 is 27.0 Å². The van der Waals surface area contributed by atoms with Crippen LogP contribution in [0.2, 0.25) is 0 Å². The Bertz CT molecular complexity index is 1600. The Hall–Kier alpha value is -4.61. The van der Waals surface area contributed by atoms with Crippen LogP contribution in [0, 0.1) is 5.82 Å². The molecule has 5 aromatic rings. The molecule has 5 rings (SSSR count). The van der Waals surface area contributed by atoms with Crippen LogP contribution in [0.5, 0.6) is 11.5 Å². The van der Waals surface area contributed by atoms with E-state index in [1.54, 1.807) is 18.3 Å². The molecule has 3 aromatic carbocycles. The molecule has 0 aliphatic carbocycles. The number of fused-ring (bicyclic) bond motifs is 2. The highest BCUT2D eigenvalue weighted by molar-refractivity contribution is 5.95. The number of H-pyrrole nitrogens is 1. The first kappa shape index (κ1) is 24.1. The fraction of sp³-hybridized carbons (Fsp3) is 0.160. The zero-order chi connectivity index (χ0) is 26.2. The van der Waals surface area contributed by atoms with Crippen molar-refractivity contribution >= 4 is 39.3 Å². The molecule has 3 N–H and O–H groups in total. The maximum Gasteiger partial charge on any atom is 0.416 e. The Morgan fingerprint density at radius 3 is 2.49 bits per heavy atom. The van der Waals surface area contributed by atoms with E-state index in [-0.39, 0.29) is 18.1 Å².